The molecule has 2 rings (SSSR count). The van der Waals surface area contributed by atoms with Crippen LogP contribution in [0.15, 0.2) is 48.5 Å². The van der Waals surface area contributed by atoms with Gasteiger partial charge in [0.15, 0.2) is 0 Å². The van der Waals surface area contributed by atoms with Crippen LogP contribution in [0.2, 0.25) is 0 Å². The Hall–Kier alpha value is -1.63. The first-order valence-electron chi connectivity index (χ1n) is 8.42. The summed E-state index contributed by atoms with van der Waals surface area (Å²) in [6, 6.07) is 16.1. The Kier molecular flexibility index (Phi) is 14.5. The summed E-state index contributed by atoms with van der Waals surface area (Å²) in [5.41, 5.74) is 10.1. The van der Waals surface area contributed by atoms with Crippen molar-refractivity contribution in [3.05, 3.63) is 70.8 Å². The molecule has 152 valence electrons. The van der Waals surface area contributed by atoms with Crippen LogP contribution >= 0.6 is 11.6 Å². The predicted molar refractivity (Wildman–Crippen MR) is 105 cm³/mol. The zero-order valence-corrected chi connectivity index (χ0v) is 16.3. The van der Waals surface area contributed by atoms with E-state index >= 15 is 0 Å². The zero-order valence-electron chi connectivity index (χ0n) is 15.6. The minimum absolute atomic E-state index is 0.242. The maximum Gasteiger partial charge on any atom is 0.251 e. The standard InChI is InChI=1S/C10H13F2N.C8H11N.C2H3ClF2/c1-8-2-4-9(5-3-8)6-13-7-10(11)12;1-7-2-4-8(6-9)5-3-7;3-1-2(4)5/h2-5,10,13H,6-7H2,1H3;2-5H,6,9H2,1H3;2H,1H2. The monoisotopic (exact) mass is 406 g/mol. The van der Waals surface area contributed by atoms with Crippen LogP contribution in [0.5, 0.6) is 0 Å². The van der Waals surface area contributed by atoms with Crippen molar-refractivity contribution in [1.29, 1.82) is 0 Å². The number of halogens is 5. The van der Waals surface area contributed by atoms with Gasteiger partial charge in [-0.15, -0.1) is 11.6 Å². The van der Waals surface area contributed by atoms with Crippen LogP contribution in [0, 0.1) is 13.8 Å². The summed E-state index contributed by atoms with van der Waals surface area (Å²) in [6.45, 7) is 4.97. The molecule has 0 fully saturated rings. The summed E-state index contributed by atoms with van der Waals surface area (Å²) in [5, 5.41) is 2.67. The van der Waals surface area contributed by atoms with Gasteiger partial charge in [0.25, 0.3) is 12.9 Å². The highest BCUT2D eigenvalue weighted by molar-refractivity contribution is 6.18. The van der Waals surface area contributed by atoms with E-state index in [1.54, 1.807) is 0 Å². The van der Waals surface area contributed by atoms with E-state index in [9.17, 15) is 17.6 Å². The summed E-state index contributed by atoms with van der Waals surface area (Å²) in [4.78, 5) is 0. The first-order chi connectivity index (χ1) is 12.8. The number of aryl methyl sites for hydroxylation is 2. The molecule has 2 aromatic rings. The van der Waals surface area contributed by atoms with Crippen molar-refractivity contribution in [3.63, 3.8) is 0 Å². The molecule has 0 aromatic heterocycles. The molecule has 0 aliphatic rings. The maximum absolute atomic E-state index is 11.7. The van der Waals surface area contributed by atoms with Gasteiger partial charge >= 0.3 is 0 Å². The highest BCUT2D eigenvalue weighted by Crippen LogP contribution is 2.02. The lowest BCUT2D eigenvalue weighted by Gasteiger charge is -2.03. The van der Waals surface area contributed by atoms with Crippen molar-refractivity contribution < 1.29 is 17.6 Å². The number of benzene rings is 2. The first kappa shape index (κ1) is 25.4. The van der Waals surface area contributed by atoms with Crippen molar-refractivity contribution in [1.82, 2.24) is 5.32 Å². The Balaban J connectivity index is 0.000000419. The van der Waals surface area contributed by atoms with Crippen molar-refractivity contribution in [3.8, 4) is 0 Å². The summed E-state index contributed by atoms with van der Waals surface area (Å²) in [5.74, 6) is -0.556. The van der Waals surface area contributed by atoms with Crippen molar-refractivity contribution >= 4 is 11.6 Å². The van der Waals surface area contributed by atoms with Gasteiger partial charge in [-0.1, -0.05) is 59.7 Å². The highest BCUT2D eigenvalue weighted by atomic mass is 35.5. The van der Waals surface area contributed by atoms with E-state index in [1.165, 1.54) is 16.7 Å². The molecule has 0 amide bonds. The fourth-order valence-electron chi connectivity index (χ4n) is 1.76. The van der Waals surface area contributed by atoms with Gasteiger partial charge in [0.1, 0.15) is 0 Å². The predicted octanol–water partition coefficient (Wildman–Crippen LogP) is 5.29. The molecule has 0 saturated carbocycles. The van der Waals surface area contributed by atoms with Crippen LogP contribution in [0.4, 0.5) is 17.6 Å². The fraction of sp³-hybridized carbons (Fsp3) is 0.400. The number of hydrogen-bond acceptors (Lipinski definition) is 2. The van der Waals surface area contributed by atoms with Gasteiger partial charge in [0, 0.05) is 13.1 Å². The number of rotatable bonds is 6. The molecule has 27 heavy (non-hydrogen) atoms. The van der Waals surface area contributed by atoms with Gasteiger partial charge in [-0.3, -0.25) is 0 Å². The van der Waals surface area contributed by atoms with Crippen LogP contribution in [0.1, 0.15) is 22.3 Å². The van der Waals surface area contributed by atoms with Crippen LogP contribution in [0.25, 0.3) is 0 Å². The number of nitrogens with two attached hydrogens (primary N) is 1. The molecule has 0 aliphatic heterocycles. The quantitative estimate of drug-likeness (QED) is 0.505. The molecule has 0 bridgehead atoms. The van der Waals surface area contributed by atoms with Crippen molar-refractivity contribution in [2.24, 2.45) is 5.73 Å². The third-order valence-electron chi connectivity index (χ3n) is 3.22. The molecule has 3 N–H and O–H groups in total. The molecule has 2 nitrogen and oxygen atoms in total. The number of nitrogens with one attached hydrogen (secondary N) is 1. The van der Waals surface area contributed by atoms with Crippen LogP contribution < -0.4 is 11.1 Å². The largest absolute Gasteiger partial charge is 0.326 e. The minimum atomic E-state index is -2.35. The van der Waals surface area contributed by atoms with Gasteiger partial charge in [-0.2, -0.15) is 0 Å². The third-order valence-corrected chi connectivity index (χ3v) is 3.45. The van der Waals surface area contributed by atoms with E-state index in [1.807, 2.05) is 31.2 Å². The van der Waals surface area contributed by atoms with E-state index in [2.05, 4.69) is 48.1 Å². The topological polar surface area (TPSA) is 38.0 Å². The van der Waals surface area contributed by atoms with Gasteiger partial charge in [-0.05, 0) is 25.0 Å². The van der Waals surface area contributed by atoms with E-state index in [4.69, 9.17) is 5.73 Å². The van der Waals surface area contributed by atoms with Gasteiger partial charge in [-0.25, -0.2) is 17.6 Å². The Morgan fingerprint density at radius 3 is 1.56 bits per heavy atom. The van der Waals surface area contributed by atoms with Crippen LogP contribution in [-0.2, 0) is 13.1 Å². The second kappa shape index (κ2) is 15.4. The van der Waals surface area contributed by atoms with E-state index in [-0.39, 0.29) is 6.54 Å². The Morgan fingerprint density at radius 1 is 0.815 bits per heavy atom. The summed E-state index contributed by atoms with van der Waals surface area (Å²) in [7, 11) is 0. The highest BCUT2D eigenvalue weighted by Gasteiger charge is 2.00. The van der Waals surface area contributed by atoms with Gasteiger partial charge in [0.05, 0.1) is 12.4 Å². The summed E-state index contributed by atoms with van der Waals surface area (Å²) < 4.78 is 44.7. The Labute approximate surface area is 163 Å². The molecule has 0 spiro atoms. The average Bonchev–Trinajstić information content (AvgIpc) is 2.65. The molecule has 0 aliphatic carbocycles. The van der Waals surface area contributed by atoms with Crippen LogP contribution in [0.3, 0.4) is 0 Å². The maximum atomic E-state index is 11.7. The second-order valence-corrected chi connectivity index (χ2v) is 6.05. The van der Waals surface area contributed by atoms with Gasteiger partial charge < -0.3 is 11.1 Å². The average molecular weight is 407 g/mol. The molecule has 0 radical (unpaired) electrons. The molecule has 0 saturated heterocycles. The molecule has 0 unspecified atom stereocenters. The van der Waals surface area contributed by atoms with Crippen molar-refractivity contribution in [2.45, 2.75) is 39.8 Å². The first-order valence-corrected chi connectivity index (χ1v) is 8.96. The lowest BCUT2D eigenvalue weighted by atomic mass is 10.1. The van der Waals surface area contributed by atoms with E-state index in [0.29, 0.717) is 13.1 Å². The third kappa shape index (κ3) is 15.2. The van der Waals surface area contributed by atoms with Gasteiger partial charge in [0.2, 0.25) is 0 Å². The lowest BCUT2D eigenvalue weighted by Crippen LogP contribution is -2.20. The molecule has 2 aromatic carbocycles. The zero-order chi connectivity index (χ0) is 20.7. The Morgan fingerprint density at radius 2 is 1.22 bits per heavy atom. The normalized spacial score (nSPS) is 10.1. The smallest absolute Gasteiger partial charge is 0.251 e. The van der Waals surface area contributed by atoms with Crippen molar-refractivity contribution in [2.75, 3.05) is 12.4 Å². The lowest BCUT2D eigenvalue weighted by molar-refractivity contribution is 0.145. The molecule has 7 heteroatoms. The second-order valence-electron chi connectivity index (χ2n) is 5.74. The molecular weight excluding hydrogens is 380 g/mol. The fourth-order valence-corrected chi connectivity index (χ4v) is 1.76. The number of hydrogen-bond donors (Lipinski definition) is 2. The molecule has 0 heterocycles. The van der Waals surface area contributed by atoms with E-state index < -0.39 is 18.7 Å². The SMILES string of the molecule is Cc1ccc(CN)cc1.Cc1ccc(CNCC(F)F)cc1.FC(F)CCl. The summed E-state index contributed by atoms with van der Waals surface area (Å²) >= 11 is 4.59. The molecule has 0 atom stereocenters. The molecular formula is C20H27ClF4N2. The van der Waals surface area contributed by atoms with Crippen LogP contribution in [-0.4, -0.2) is 25.3 Å². The Bertz CT molecular complexity index is 590. The number of alkyl halides is 5. The minimum Gasteiger partial charge on any atom is -0.326 e. The summed E-state index contributed by atoms with van der Waals surface area (Å²) in [6.07, 6.45) is -4.62. The van der Waals surface area contributed by atoms with E-state index in [0.717, 1.165) is 5.56 Å².